The first kappa shape index (κ1) is 43.0. The fourth-order valence-corrected chi connectivity index (χ4v) is 9.54. The summed E-state index contributed by atoms with van der Waals surface area (Å²) in [6.45, 7) is 15.3. The fraction of sp³-hybridized carbons (Fsp3) is 0.750. The maximum absolute atomic E-state index is 10.7. The van der Waals surface area contributed by atoms with Crippen LogP contribution in [0.4, 0.5) is 0 Å². The van der Waals surface area contributed by atoms with Crippen molar-refractivity contribution >= 4 is 58.0 Å². The number of hydrogen-bond acceptors (Lipinski definition) is 13. The third-order valence-corrected chi connectivity index (χ3v) is 12.8. The highest BCUT2D eigenvalue weighted by atomic mass is 32.2. The van der Waals surface area contributed by atoms with Gasteiger partial charge in [0.25, 0.3) is 0 Å². The molecule has 280 valence electrons. The van der Waals surface area contributed by atoms with Gasteiger partial charge in [-0.05, 0) is 62.4 Å². The number of nitrogens with zero attached hydrogens (tertiary/aromatic N) is 1. The Hall–Kier alpha value is -0.450. The summed E-state index contributed by atoms with van der Waals surface area (Å²) < 4.78 is 14.8. The second-order valence-corrected chi connectivity index (χ2v) is 17.1. The number of fused-ring (bicyclic) bond motifs is 2. The lowest BCUT2D eigenvalue weighted by Crippen LogP contribution is -2.40. The van der Waals surface area contributed by atoms with Crippen LogP contribution in [-0.2, 0) is 9.47 Å². The summed E-state index contributed by atoms with van der Waals surface area (Å²) in [5.41, 5.74) is 0.337. The summed E-state index contributed by atoms with van der Waals surface area (Å²) in [6, 6.07) is 10.6. The Bertz CT molecular complexity index is 965. The van der Waals surface area contributed by atoms with Gasteiger partial charge >= 0.3 is 5.63 Å². The van der Waals surface area contributed by atoms with Gasteiger partial charge in [-0.15, -0.1) is 11.8 Å². The van der Waals surface area contributed by atoms with Crippen LogP contribution in [0.15, 0.2) is 45.6 Å². The van der Waals surface area contributed by atoms with Gasteiger partial charge in [0.05, 0.1) is 31.8 Å². The van der Waals surface area contributed by atoms with Gasteiger partial charge in [0.15, 0.2) is 0 Å². The molecule has 9 rings (SSSR count). The van der Waals surface area contributed by atoms with Crippen LogP contribution < -0.4 is 26.9 Å². The third kappa shape index (κ3) is 23.0. The molecular weight excluding hydrogens is 695 g/mol. The predicted octanol–water partition coefficient (Wildman–Crippen LogP) is 5.06. The molecule has 0 bridgehead atoms. The summed E-state index contributed by atoms with van der Waals surface area (Å²) in [6.07, 6.45) is 8.53. The molecule has 7 fully saturated rings. The van der Waals surface area contributed by atoms with E-state index in [9.17, 15) is 4.79 Å². The summed E-state index contributed by atoms with van der Waals surface area (Å²) >= 11 is 8.27. The van der Waals surface area contributed by atoms with Gasteiger partial charge in [-0.3, -0.25) is 4.90 Å². The highest BCUT2D eigenvalue weighted by Crippen LogP contribution is 2.33. The molecule has 8 heterocycles. The van der Waals surface area contributed by atoms with Crippen LogP contribution in [0.5, 0.6) is 0 Å². The van der Waals surface area contributed by atoms with Crippen LogP contribution in [0, 0.1) is 0 Å². The first-order chi connectivity index (χ1) is 24.3. The van der Waals surface area contributed by atoms with Crippen molar-refractivity contribution in [3.05, 3.63) is 46.8 Å². The Kier molecular flexibility index (Phi) is 27.3. The van der Waals surface area contributed by atoms with Crippen molar-refractivity contribution in [1.82, 2.24) is 26.2 Å². The summed E-state index contributed by atoms with van der Waals surface area (Å²) in [7, 11) is 0. The average Bonchev–Trinajstić information content (AvgIpc) is 3.35. The van der Waals surface area contributed by atoms with Crippen LogP contribution in [0.3, 0.4) is 0 Å². The van der Waals surface area contributed by atoms with E-state index >= 15 is 0 Å². The van der Waals surface area contributed by atoms with Gasteiger partial charge in [0, 0.05) is 86.2 Å². The first-order valence-corrected chi connectivity index (χ1v) is 22.9. The number of thioether (sulfide) groups is 4. The van der Waals surface area contributed by atoms with Crippen LogP contribution >= 0.6 is 47.0 Å². The first-order valence-electron chi connectivity index (χ1n) is 18.4. The minimum absolute atomic E-state index is 0.302. The number of nitrogens with one attached hydrogen (secondary N) is 4. The van der Waals surface area contributed by atoms with E-state index in [1.165, 1.54) is 118 Å². The molecule has 7 aliphatic heterocycles. The minimum Gasteiger partial charge on any atom is -0.423 e. The lowest BCUT2D eigenvalue weighted by atomic mass is 10.2. The molecule has 0 spiro atoms. The predicted molar refractivity (Wildman–Crippen MR) is 218 cm³/mol. The minimum atomic E-state index is -0.302. The second kappa shape index (κ2) is 31.1. The molecule has 1 aromatic carbocycles. The molecule has 7 aliphatic rings. The zero-order valence-electron chi connectivity index (χ0n) is 29.6. The lowest BCUT2D eigenvalue weighted by Gasteiger charge is -2.33. The van der Waals surface area contributed by atoms with E-state index in [1.807, 2.05) is 30.0 Å². The molecular formula is C36H63N5O4S4. The molecule has 2 aromatic rings. The van der Waals surface area contributed by atoms with E-state index in [1.54, 1.807) is 12.1 Å². The molecule has 0 radical (unpaired) electrons. The molecule has 1 unspecified atom stereocenters. The van der Waals surface area contributed by atoms with Crippen molar-refractivity contribution in [2.45, 2.75) is 43.9 Å². The number of rotatable bonds is 0. The molecule has 0 aliphatic carbocycles. The van der Waals surface area contributed by atoms with E-state index in [2.05, 4.69) is 61.5 Å². The molecule has 0 saturated carbocycles. The Balaban J connectivity index is 0.000000157. The molecule has 7 saturated heterocycles. The van der Waals surface area contributed by atoms with Crippen molar-refractivity contribution in [3.8, 4) is 0 Å². The van der Waals surface area contributed by atoms with E-state index in [0.717, 1.165) is 63.4 Å². The van der Waals surface area contributed by atoms with E-state index in [4.69, 9.17) is 13.9 Å². The number of hydrogen-bond donors (Lipinski definition) is 4. The number of benzene rings is 1. The van der Waals surface area contributed by atoms with Gasteiger partial charge in [-0.25, -0.2) is 4.79 Å². The zero-order valence-corrected chi connectivity index (χ0v) is 32.9. The number of piperazine rings is 1. The highest BCUT2D eigenvalue weighted by Gasteiger charge is 2.32. The Labute approximate surface area is 313 Å². The monoisotopic (exact) mass is 757 g/mol. The number of ether oxygens (including phenoxy) is 2. The summed E-state index contributed by atoms with van der Waals surface area (Å²) in [5, 5.41) is 16.3. The number of para-hydroxylation sites is 1. The van der Waals surface area contributed by atoms with Crippen molar-refractivity contribution in [2.24, 2.45) is 0 Å². The molecule has 1 aromatic heterocycles. The van der Waals surface area contributed by atoms with Crippen LogP contribution in [0.1, 0.15) is 38.5 Å². The van der Waals surface area contributed by atoms with E-state index in [0.29, 0.717) is 5.58 Å². The quantitative estimate of drug-likeness (QED) is 0.270. The maximum atomic E-state index is 10.7. The molecule has 9 nitrogen and oxygen atoms in total. The van der Waals surface area contributed by atoms with Crippen molar-refractivity contribution < 1.29 is 13.9 Å². The highest BCUT2D eigenvalue weighted by molar-refractivity contribution is 8.16. The van der Waals surface area contributed by atoms with Gasteiger partial charge in [0.2, 0.25) is 0 Å². The molecule has 13 heteroatoms. The Morgan fingerprint density at radius 1 is 0.592 bits per heavy atom. The Morgan fingerprint density at radius 2 is 1.20 bits per heavy atom. The largest absolute Gasteiger partial charge is 0.423 e. The molecule has 0 amide bonds. The van der Waals surface area contributed by atoms with E-state index in [-0.39, 0.29) is 5.63 Å². The maximum Gasteiger partial charge on any atom is 0.336 e. The zero-order chi connectivity index (χ0) is 34.3. The fourth-order valence-electron chi connectivity index (χ4n) is 5.16. The van der Waals surface area contributed by atoms with Gasteiger partial charge in [0.1, 0.15) is 5.58 Å². The standard InChI is InChI=1S/C9H6O2.C6H13N.C5H9NS.C4H10N2.C4H9NS.C4H8O2.C4H8S2/c10-9-6-5-7-3-1-2-4-8(7)11-9;1-2-4-6-7-5-3-1;1-2-6-3-4-7-5(1)6;1-2-6-4-3-5-1;1-3-6-4-2-5-1;1-2-6-4-3-5-1;1-2-5-4-6-3-1/h1-6H;7H,1-6H2;5H,1-4H2;5-6H,1-4H2;5H,1-4H2;2*1-4H2. The second-order valence-electron chi connectivity index (χ2n) is 12.0. The van der Waals surface area contributed by atoms with Gasteiger partial charge in [-0.1, -0.05) is 31.0 Å². The van der Waals surface area contributed by atoms with E-state index < -0.39 is 0 Å². The lowest BCUT2D eigenvalue weighted by molar-refractivity contribution is -0.0334. The smallest absolute Gasteiger partial charge is 0.336 e. The topological polar surface area (TPSA) is 100 Å². The van der Waals surface area contributed by atoms with Crippen LogP contribution in [-0.4, -0.2) is 136 Å². The summed E-state index contributed by atoms with van der Waals surface area (Å²) in [5.74, 6) is 6.78. The molecule has 4 N–H and O–H groups in total. The average molecular weight is 758 g/mol. The van der Waals surface area contributed by atoms with Gasteiger partial charge in [-0.2, -0.15) is 35.3 Å². The summed E-state index contributed by atoms with van der Waals surface area (Å²) in [4.78, 5) is 13.3. The van der Waals surface area contributed by atoms with Crippen LogP contribution in [0.2, 0.25) is 0 Å². The third-order valence-electron chi connectivity index (χ3n) is 8.04. The van der Waals surface area contributed by atoms with Crippen molar-refractivity contribution in [2.75, 3.05) is 126 Å². The van der Waals surface area contributed by atoms with Crippen LogP contribution in [0.25, 0.3) is 11.0 Å². The molecule has 49 heavy (non-hydrogen) atoms. The SMILES string of the molecule is C1CCCNCC1.C1CN2CCC2S1.C1CNCCN1.C1COCCO1.C1CSCCN1.C1CSCSC1.O=c1ccc2ccccc2o1. The van der Waals surface area contributed by atoms with Crippen molar-refractivity contribution in [1.29, 1.82) is 0 Å². The van der Waals surface area contributed by atoms with Gasteiger partial charge < -0.3 is 35.2 Å². The van der Waals surface area contributed by atoms with Crippen molar-refractivity contribution in [3.63, 3.8) is 0 Å². The Morgan fingerprint density at radius 3 is 1.61 bits per heavy atom. The normalized spacial score (nSPS) is 23.2. The molecule has 1 atom stereocenters.